The molecule has 0 bridgehead atoms. The van der Waals surface area contributed by atoms with Crippen molar-refractivity contribution in [1.82, 2.24) is 0 Å². The van der Waals surface area contributed by atoms with Gasteiger partial charge < -0.3 is 20.1 Å². The van der Waals surface area contributed by atoms with Crippen molar-refractivity contribution in [2.24, 2.45) is 4.99 Å². The number of benzene rings is 3. The zero-order valence-electron chi connectivity index (χ0n) is 18.8. The van der Waals surface area contributed by atoms with Crippen LogP contribution in [-0.2, 0) is 4.74 Å². The zero-order chi connectivity index (χ0) is 26.0. The molecule has 36 heavy (non-hydrogen) atoms. The van der Waals surface area contributed by atoms with Gasteiger partial charge in [-0.2, -0.15) is 4.99 Å². The van der Waals surface area contributed by atoms with Crippen LogP contribution in [0.1, 0.15) is 31.1 Å². The van der Waals surface area contributed by atoms with Crippen LogP contribution in [0.4, 0.5) is 0 Å². The summed E-state index contributed by atoms with van der Waals surface area (Å²) >= 11 is 4.64. The third kappa shape index (κ3) is 3.75. The number of aliphatic hydroxyl groups is 3. The van der Waals surface area contributed by atoms with E-state index in [0.717, 1.165) is 0 Å². The van der Waals surface area contributed by atoms with Crippen molar-refractivity contribution in [3.8, 4) is 0 Å². The molecule has 0 amide bonds. The summed E-state index contributed by atoms with van der Waals surface area (Å²) in [6.45, 7) is -0.981. The molecule has 1 fully saturated rings. The summed E-state index contributed by atoms with van der Waals surface area (Å²) in [4.78, 5) is 45.1. The van der Waals surface area contributed by atoms with Crippen molar-refractivity contribution in [3.63, 3.8) is 0 Å². The SMILES string of the molecule is O=C(c1ccccc1)[C@@]1(O)[C@@](O)(C(=O)c2ccccc2)CO[C@@H](N=C=S)[C@@]1(O)C(=O)c1ccccc1. The molecule has 0 aromatic heterocycles. The molecule has 3 aromatic carbocycles. The number of thiocarbonyl (C=S) groups is 1. The minimum atomic E-state index is -3.46. The third-order valence-corrected chi connectivity index (χ3v) is 6.39. The van der Waals surface area contributed by atoms with Gasteiger partial charge in [-0.3, -0.25) is 14.4 Å². The Balaban J connectivity index is 2.04. The number of nitrogens with zero attached hydrogens (tertiary/aromatic N) is 1. The molecule has 0 unspecified atom stereocenters. The van der Waals surface area contributed by atoms with Gasteiger partial charge in [-0.05, 0) is 12.2 Å². The number of ketones is 3. The molecule has 0 spiro atoms. The van der Waals surface area contributed by atoms with Crippen LogP contribution in [0.25, 0.3) is 0 Å². The maximum atomic E-state index is 14.0. The van der Waals surface area contributed by atoms with Gasteiger partial charge in [-0.25, -0.2) is 0 Å². The molecule has 1 aliphatic heterocycles. The maximum Gasteiger partial charge on any atom is 0.215 e. The normalized spacial score (nSPS) is 27.5. The van der Waals surface area contributed by atoms with Gasteiger partial charge in [0.15, 0.2) is 17.6 Å². The molecule has 1 saturated heterocycles. The van der Waals surface area contributed by atoms with E-state index in [2.05, 4.69) is 17.2 Å². The highest BCUT2D eigenvalue weighted by molar-refractivity contribution is 7.78. The lowest BCUT2D eigenvalue weighted by molar-refractivity contribution is -0.271. The largest absolute Gasteiger partial charge is 0.376 e. The fourth-order valence-corrected chi connectivity index (χ4v) is 4.50. The van der Waals surface area contributed by atoms with E-state index in [1.165, 1.54) is 72.8 Å². The highest BCUT2D eigenvalue weighted by atomic mass is 32.1. The first-order valence-electron chi connectivity index (χ1n) is 10.9. The number of carbonyl (C=O) groups is 3. The minimum absolute atomic E-state index is 0.0887. The van der Waals surface area contributed by atoms with Crippen LogP contribution in [0, 0.1) is 0 Å². The molecular weight excluding hydrogens is 482 g/mol. The number of ether oxygens (including phenoxy) is 1. The van der Waals surface area contributed by atoms with Crippen LogP contribution >= 0.6 is 12.2 Å². The van der Waals surface area contributed by atoms with Crippen LogP contribution in [0.15, 0.2) is 96.0 Å². The number of Topliss-reactive ketones (excluding diaryl/α,β-unsaturated/α-hetero) is 3. The Hall–Kier alpha value is -3.69. The molecule has 3 aromatic rings. The van der Waals surface area contributed by atoms with Gasteiger partial charge in [0.2, 0.25) is 22.8 Å². The predicted octanol–water partition coefficient (Wildman–Crippen LogP) is 2.29. The first-order valence-corrected chi connectivity index (χ1v) is 11.3. The van der Waals surface area contributed by atoms with E-state index in [0.29, 0.717) is 0 Å². The Bertz CT molecular complexity index is 1340. The fraction of sp³-hybridized carbons (Fsp3) is 0.185. The Kier molecular flexibility index (Phi) is 6.88. The van der Waals surface area contributed by atoms with Crippen molar-refractivity contribution in [1.29, 1.82) is 0 Å². The van der Waals surface area contributed by atoms with E-state index < -0.39 is 47.0 Å². The van der Waals surface area contributed by atoms with Crippen molar-refractivity contribution in [3.05, 3.63) is 108 Å². The molecule has 4 atom stereocenters. The van der Waals surface area contributed by atoms with Crippen LogP contribution in [0.2, 0.25) is 0 Å². The average molecular weight is 504 g/mol. The summed E-state index contributed by atoms with van der Waals surface area (Å²) in [6.07, 6.45) is -1.97. The number of carbonyl (C=O) groups excluding carboxylic acids is 3. The topological polar surface area (TPSA) is 133 Å². The van der Waals surface area contributed by atoms with Crippen molar-refractivity contribution < 1.29 is 34.4 Å². The molecular formula is C27H21NO7S. The molecule has 1 heterocycles. The third-order valence-electron chi connectivity index (χ3n) is 6.29. The Labute approximate surface area is 211 Å². The summed E-state index contributed by atoms with van der Waals surface area (Å²) in [7, 11) is 0. The zero-order valence-corrected chi connectivity index (χ0v) is 19.6. The molecule has 4 rings (SSSR count). The van der Waals surface area contributed by atoms with E-state index in [9.17, 15) is 29.7 Å². The maximum absolute atomic E-state index is 14.0. The van der Waals surface area contributed by atoms with Crippen molar-refractivity contribution >= 4 is 34.7 Å². The summed E-state index contributed by atoms with van der Waals surface area (Å²) in [5, 5.41) is 38.0. The second-order valence-corrected chi connectivity index (χ2v) is 8.49. The Morgan fingerprint density at radius 1 is 0.750 bits per heavy atom. The quantitative estimate of drug-likeness (QED) is 0.254. The highest BCUT2D eigenvalue weighted by Gasteiger charge is 2.77. The molecule has 182 valence electrons. The molecule has 9 heteroatoms. The van der Waals surface area contributed by atoms with Gasteiger partial charge in [0.25, 0.3) is 0 Å². The second-order valence-electron chi connectivity index (χ2n) is 8.31. The van der Waals surface area contributed by atoms with Gasteiger partial charge in [0.05, 0.1) is 11.8 Å². The number of aliphatic imine (C=N–C) groups is 1. The summed E-state index contributed by atoms with van der Waals surface area (Å²) in [5.74, 6) is -3.64. The molecule has 0 aliphatic carbocycles. The highest BCUT2D eigenvalue weighted by Crippen LogP contribution is 2.47. The Morgan fingerprint density at radius 2 is 1.17 bits per heavy atom. The van der Waals surface area contributed by atoms with Gasteiger partial charge in [-0.1, -0.05) is 91.0 Å². The molecule has 8 nitrogen and oxygen atoms in total. The number of isothiocyanates is 1. The van der Waals surface area contributed by atoms with Gasteiger partial charge in [-0.15, -0.1) is 0 Å². The first kappa shape index (κ1) is 25.4. The van der Waals surface area contributed by atoms with Gasteiger partial charge in [0.1, 0.15) is 0 Å². The predicted molar refractivity (Wildman–Crippen MR) is 132 cm³/mol. The van der Waals surface area contributed by atoms with E-state index >= 15 is 0 Å². The first-order chi connectivity index (χ1) is 17.2. The summed E-state index contributed by atoms with van der Waals surface area (Å²) < 4.78 is 5.47. The van der Waals surface area contributed by atoms with Crippen LogP contribution in [0.5, 0.6) is 0 Å². The van der Waals surface area contributed by atoms with Crippen molar-refractivity contribution in [2.45, 2.75) is 23.0 Å². The second kappa shape index (κ2) is 9.75. The van der Waals surface area contributed by atoms with Crippen LogP contribution in [-0.4, -0.2) is 67.5 Å². The molecule has 1 aliphatic rings. The lowest BCUT2D eigenvalue weighted by atomic mass is 9.60. The smallest absolute Gasteiger partial charge is 0.215 e. The summed E-state index contributed by atoms with van der Waals surface area (Å²) in [6, 6.07) is 21.8. The van der Waals surface area contributed by atoms with Gasteiger partial charge >= 0.3 is 0 Å². The number of hydrogen-bond donors (Lipinski definition) is 3. The monoisotopic (exact) mass is 503 g/mol. The lowest BCUT2D eigenvalue weighted by Crippen LogP contribution is -2.83. The number of rotatable bonds is 7. The molecule has 0 saturated carbocycles. The van der Waals surface area contributed by atoms with E-state index in [1.54, 1.807) is 18.2 Å². The van der Waals surface area contributed by atoms with E-state index in [1.807, 2.05) is 5.16 Å². The van der Waals surface area contributed by atoms with Gasteiger partial charge in [0, 0.05) is 16.7 Å². The van der Waals surface area contributed by atoms with Crippen LogP contribution in [0.3, 0.4) is 0 Å². The number of hydrogen-bond acceptors (Lipinski definition) is 9. The fourth-order valence-electron chi connectivity index (χ4n) is 4.40. The standard InChI is InChI=1S/C27H21NO7S/c29-21(18-10-4-1-5-11-18)25(32)16-35-24(28-17-36)26(33,22(30)19-12-6-2-7-13-19)27(25,34)23(31)20-14-8-3-9-15-20/h1-15,24,32-34H,16H2/t24-,25+,26+,27-/m1/s1. The Morgan fingerprint density at radius 3 is 1.61 bits per heavy atom. The molecule has 3 N–H and O–H groups in total. The lowest BCUT2D eigenvalue weighted by Gasteiger charge is -2.54. The van der Waals surface area contributed by atoms with Crippen LogP contribution < -0.4 is 0 Å². The molecule has 0 radical (unpaired) electrons. The summed E-state index contributed by atoms with van der Waals surface area (Å²) in [5.41, 5.74) is -10.2. The average Bonchev–Trinajstić information content (AvgIpc) is 2.93. The van der Waals surface area contributed by atoms with Crippen molar-refractivity contribution in [2.75, 3.05) is 6.61 Å². The van der Waals surface area contributed by atoms with E-state index in [4.69, 9.17) is 4.74 Å². The van der Waals surface area contributed by atoms with E-state index in [-0.39, 0.29) is 16.7 Å². The minimum Gasteiger partial charge on any atom is -0.376 e.